The van der Waals surface area contributed by atoms with Gasteiger partial charge in [-0.3, -0.25) is 15.2 Å². The maximum absolute atomic E-state index is 13.4. The average Bonchev–Trinajstić information content (AvgIpc) is 2.72. The molecule has 0 atom stereocenters. The summed E-state index contributed by atoms with van der Waals surface area (Å²) in [6.07, 6.45) is -4.99. The number of H-pyrrole nitrogens is 1. The Morgan fingerprint density at radius 2 is 2.00 bits per heavy atom. The maximum Gasteiger partial charge on any atom is 0.420 e. The second kappa shape index (κ2) is 5.22. The molecule has 6 nitrogen and oxygen atoms in total. The molecule has 1 N–H and O–H groups in total. The van der Waals surface area contributed by atoms with Crippen molar-refractivity contribution in [3.63, 3.8) is 0 Å². The van der Waals surface area contributed by atoms with Gasteiger partial charge in [-0.25, -0.2) is 4.98 Å². The summed E-state index contributed by atoms with van der Waals surface area (Å²) < 4.78 is 50.8. The summed E-state index contributed by atoms with van der Waals surface area (Å²) in [6.45, 7) is 0. The van der Waals surface area contributed by atoms with Crippen LogP contribution in [0.3, 0.4) is 0 Å². The van der Waals surface area contributed by atoms with Gasteiger partial charge < -0.3 is 0 Å². The lowest BCUT2D eigenvalue weighted by molar-refractivity contribution is -0.385. The monoisotopic (exact) mass is 388 g/mol. The number of halogens is 6. The van der Waals surface area contributed by atoms with E-state index in [2.05, 4.69) is 31.1 Å². The van der Waals surface area contributed by atoms with E-state index in [1.165, 1.54) is 0 Å². The number of nitrogens with one attached hydrogen (secondary N) is 1. The number of pyridine rings is 1. The van der Waals surface area contributed by atoms with E-state index in [0.29, 0.717) is 6.07 Å². The minimum Gasteiger partial charge on any atom is -0.264 e. The standard InChI is InChI=1S/C9H2BrClF4N4O2/c10-7-6(19(20)21)5(17-18-7)4-3(11)1-2(8(12)16-4)9(13,14)15/h1H,(H,17,18). The highest BCUT2D eigenvalue weighted by molar-refractivity contribution is 9.10. The van der Waals surface area contributed by atoms with Crippen LogP contribution in [0, 0.1) is 16.1 Å². The van der Waals surface area contributed by atoms with E-state index < -0.39 is 44.7 Å². The molecule has 21 heavy (non-hydrogen) atoms. The molecule has 2 heterocycles. The molecule has 2 aromatic rings. The van der Waals surface area contributed by atoms with Gasteiger partial charge in [0, 0.05) is 0 Å². The Balaban J connectivity index is 2.67. The van der Waals surface area contributed by atoms with Crippen LogP contribution in [0.15, 0.2) is 10.7 Å². The van der Waals surface area contributed by atoms with Gasteiger partial charge in [0.05, 0.1) is 9.95 Å². The quantitative estimate of drug-likeness (QED) is 0.365. The van der Waals surface area contributed by atoms with Crippen LogP contribution in [-0.2, 0) is 6.18 Å². The third-order valence-corrected chi connectivity index (χ3v) is 3.18. The zero-order chi connectivity index (χ0) is 15.9. The average molecular weight is 389 g/mol. The Labute approximate surface area is 126 Å². The van der Waals surface area contributed by atoms with Crippen LogP contribution in [0.1, 0.15) is 5.56 Å². The molecular weight excluding hydrogens is 387 g/mol. The summed E-state index contributed by atoms with van der Waals surface area (Å²) >= 11 is 8.41. The highest BCUT2D eigenvalue weighted by atomic mass is 79.9. The fourth-order valence-electron chi connectivity index (χ4n) is 1.48. The van der Waals surface area contributed by atoms with Crippen LogP contribution in [-0.4, -0.2) is 20.1 Å². The fourth-order valence-corrected chi connectivity index (χ4v) is 2.14. The number of rotatable bonds is 2. The zero-order valence-corrected chi connectivity index (χ0v) is 11.8. The molecular formula is C9H2BrClF4N4O2. The molecule has 0 fully saturated rings. The first-order valence-corrected chi connectivity index (χ1v) is 6.12. The Morgan fingerprint density at radius 3 is 2.52 bits per heavy atom. The molecule has 0 saturated heterocycles. The van der Waals surface area contributed by atoms with E-state index in [4.69, 9.17) is 11.6 Å². The third-order valence-electron chi connectivity index (χ3n) is 2.34. The highest BCUT2D eigenvalue weighted by Crippen LogP contribution is 2.39. The molecule has 12 heteroatoms. The molecule has 0 aromatic carbocycles. The first-order chi connectivity index (χ1) is 9.62. The number of aromatic amines is 1. The molecule has 0 radical (unpaired) electrons. The van der Waals surface area contributed by atoms with Crippen molar-refractivity contribution in [1.29, 1.82) is 0 Å². The van der Waals surface area contributed by atoms with E-state index in [-0.39, 0.29) is 4.60 Å². The molecule has 0 saturated carbocycles. The van der Waals surface area contributed by atoms with Gasteiger partial charge in [-0.2, -0.15) is 22.7 Å². The summed E-state index contributed by atoms with van der Waals surface area (Å²) in [5.74, 6) is -1.85. The molecule has 112 valence electrons. The van der Waals surface area contributed by atoms with Gasteiger partial charge in [0.2, 0.25) is 5.95 Å². The van der Waals surface area contributed by atoms with Crippen molar-refractivity contribution in [3.8, 4) is 11.4 Å². The first-order valence-electron chi connectivity index (χ1n) is 4.94. The molecule has 2 rings (SSSR count). The predicted octanol–water partition coefficient (Wildman–Crippen LogP) is 3.95. The number of nitro groups is 1. The minimum atomic E-state index is -4.99. The second-order valence-electron chi connectivity index (χ2n) is 3.65. The van der Waals surface area contributed by atoms with Gasteiger partial charge in [0.15, 0.2) is 10.3 Å². The summed E-state index contributed by atoms with van der Waals surface area (Å²) in [4.78, 5) is 13.0. The first kappa shape index (κ1) is 15.6. The van der Waals surface area contributed by atoms with Gasteiger partial charge in [0.25, 0.3) is 0 Å². The third kappa shape index (κ3) is 2.83. The van der Waals surface area contributed by atoms with Gasteiger partial charge in [-0.1, -0.05) is 11.6 Å². The molecule has 0 aliphatic heterocycles. The number of hydrogen-bond acceptors (Lipinski definition) is 4. The summed E-state index contributed by atoms with van der Waals surface area (Å²) in [5.41, 5.74) is -3.35. The van der Waals surface area contributed by atoms with Gasteiger partial charge in [-0.05, 0) is 22.0 Å². The van der Waals surface area contributed by atoms with E-state index >= 15 is 0 Å². The lowest BCUT2D eigenvalue weighted by Crippen LogP contribution is -2.10. The Morgan fingerprint density at radius 1 is 1.38 bits per heavy atom. The van der Waals surface area contributed by atoms with E-state index in [9.17, 15) is 27.7 Å². The van der Waals surface area contributed by atoms with Crippen molar-refractivity contribution in [2.45, 2.75) is 6.18 Å². The number of alkyl halides is 3. The van der Waals surface area contributed by atoms with Crippen molar-refractivity contribution >= 4 is 33.2 Å². The van der Waals surface area contributed by atoms with Crippen LogP contribution in [0.5, 0.6) is 0 Å². The van der Waals surface area contributed by atoms with Crippen LogP contribution >= 0.6 is 27.5 Å². The van der Waals surface area contributed by atoms with Crippen molar-refractivity contribution < 1.29 is 22.5 Å². The highest BCUT2D eigenvalue weighted by Gasteiger charge is 2.37. The molecule has 0 bridgehead atoms. The van der Waals surface area contributed by atoms with Crippen LogP contribution in [0.25, 0.3) is 11.4 Å². The van der Waals surface area contributed by atoms with Gasteiger partial charge in [0.1, 0.15) is 11.3 Å². The molecule has 0 aliphatic carbocycles. The normalized spacial score (nSPS) is 11.7. The van der Waals surface area contributed by atoms with Crippen molar-refractivity contribution in [3.05, 3.63) is 37.3 Å². The number of aromatic nitrogens is 3. The van der Waals surface area contributed by atoms with Crippen molar-refractivity contribution in [2.24, 2.45) is 0 Å². The van der Waals surface area contributed by atoms with Gasteiger partial charge >= 0.3 is 11.9 Å². The molecule has 0 amide bonds. The maximum atomic E-state index is 13.4. The van der Waals surface area contributed by atoms with Crippen LogP contribution < -0.4 is 0 Å². The van der Waals surface area contributed by atoms with E-state index in [1.54, 1.807) is 0 Å². The summed E-state index contributed by atoms with van der Waals surface area (Å²) in [7, 11) is 0. The molecule has 0 unspecified atom stereocenters. The van der Waals surface area contributed by atoms with Gasteiger partial charge in [-0.15, -0.1) is 0 Å². The Bertz CT molecular complexity index is 733. The topological polar surface area (TPSA) is 84.7 Å². The molecule has 0 spiro atoms. The number of hydrogen-bond donors (Lipinski definition) is 1. The van der Waals surface area contributed by atoms with E-state index in [0.717, 1.165) is 0 Å². The lowest BCUT2D eigenvalue weighted by Gasteiger charge is -2.09. The fraction of sp³-hybridized carbons (Fsp3) is 0.111. The predicted molar refractivity (Wildman–Crippen MR) is 66.1 cm³/mol. The van der Waals surface area contributed by atoms with E-state index in [1.807, 2.05) is 0 Å². The number of nitrogens with zero attached hydrogens (tertiary/aromatic N) is 3. The molecule has 0 aliphatic rings. The zero-order valence-electron chi connectivity index (χ0n) is 9.50. The van der Waals surface area contributed by atoms with Crippen molar-refractivity contribution in [1.82, 2.24) is 15.2 Å². The summed E-state index contributed by atoms with van der Waals surface area (Å²) in [5, 5.41) is 15.9. The SMILES string of the molecule is O=[N+]([O-])c1c(-c2nc(F)c(C(F)(F)F)cc2Cl)n[nH]c1Br. The second-order valence-corrected chi connectivity index (χ2v) is 4.85. The Kier molecular flexibility index (Phi) is 3.89. The van der Waals surface area contributed by atoms with Crippen molar-refractivity contribution in [2.75, 3.05) is 0 Å². The van der Waals surface area contributed by atoms with Crippen LogP contribution in [0.2, 0.25) is 5.02 Å². The largest absolute Gasteiger partial charge is 0.420 e. The smallest absolute Gasteiger partial charge is 0.264 e. The Hall–Kier alpha value is -1.75. The lowest BCUT2D eigenvalue weighted by atomic mass is 10.2. The molecule has 2 aromatic heterocycles. The van der Waals surface area contributed by atoms with Crippen LogP contribution in [0.4, 0.5) is 23.2 Å². The summed E-state index contributed by atoms with van der Waals surface area (Å²) in [6, 6.07) is 0.297. The minimum absolute atomic E-state index is 0.152.